The van der Waals surface area contributed by atoms with Crippen molar-refractivity contribution in [3.8, 4) is 0 Å². The number of carbonyl (C=O) groups is 2. The number of amides is 1. The van der Waals surface area contributed by atoms with Gasteiger partial charge in [-0.2, -0.15) is 0 Å². The van der Waals surface area contributed by atoms with E-state index in [-0.39, 0.29) is 24.4 Å². The van der Waals surface area contributed by atoms with Gasteiger partial charge in [-0.25, -0.2) is 0 Å². The molecule has 3 rings (SSSR count). The molecule has 1 aromatic rings. The molecule has 0 spiro atoms. The zero-order valence-corrected chi connectivity index (χ0v) is 10.7. The first kappa shape index (κ1) is 12.1. The Morgan fingerprint density at radius 1 is 1.47 bits per heavy atom. The van der Waals surface area contributed by atoms with E-state index >= 15 is 0 Å². The number of rotatable bonds is 3. The summed E-state index contributed by atoms with van der Waals surface area (Å²) in [5, 5.41) is 9.37. The first-order valence-corrected chi connectivity index (χ1v) is 6.54. The lowest BCUT2D eigenvalue weighted by atomic mass is 9.92. The number of hydrogen-bond donors (Lipinski definition) is 1. The highest BCUT2D eigenvalue weighted by molar-refractivity contribution is 5.87. The lowest BCUT2D eigenvalue weighted by Crippen LogP contribution is -2.33. The molecule has 1 aromatic heterocycles. The standard InChI is InChI=1S/C14H16N2O3/c1-8-4-5-15-7-11(8)13-10(14(18)19)6-12(17)16(13)9-2-3-9/h4-5,7,9-10,13H,2-3,6H2,1H3,(H,18,19). The van der Waals surface area contributed by atoms with Crippen molar-refractivity contribution in [1.29, 1.82) is 0 Å². The summed E-state index contributed by atoms with van der Waals surface area (Å²) in [5.74, 6) is -1.59. The zero-order valence-electron chi connectivity index (χ0n) is 10.7. The third-order valence-electron chi connectivity index (χ3n) is 4.02. The fraction of sp³-hybridized carbons (Fsp3) is 0.500. The molecule has 0 aromatic carbocycles. The van der Waals surface area contributed by atoms with E-state index in [1.54, 1.807) is 17.3 Å². The molecule has 0 radical (unpaired) electrons. The minimum atomic E-state index is -0.898. The molecule has 100 valence electrons. The number of likely N-dealkylation sites (tertiary alicyclic amines) is 1. The van der Waals surface area contributed by atoms with Gasteiger partial charge in [0.1, 0.15) is 0 Å². The molecule has 1 aliphatic heterocycles. The van der Waals surface area contributed by atoms with Crippen molar-refractivity contribution in [3.05, 3.63) is 29.6 Å². The summed E-state index contributed by atoms with van der Waals surface area (Å²) in [6, 6.07) is 1.73. The second-order valence-electron chi connectivity index (χ2n) is 5.36. The number of hydrogen-bond acceptors (Lipinski definition) is 3. The highest BCUT2D eigenvalue weighted by Gasteiger charge is 2.50. The van der Waals surface area contributed by atoms with Gasteiger partial charge in [0.25, 0.3) is 0 Å². The molecular weight excluding hydrogens is 244 g/mol. The number of carboxylic acid groups (broad SMARTS) is 1. The molecule has 1 N–H and O–H groups in total. The highest BCUT2D eigenvalue weighted by atomic mass is 16.4. The molecule has 19 heavy (non-hydrogen) atoms. The molecule has 1 aliphatic carbocycles. The van der Waals surface area contributed by atoms with Crippen molar-refractivity contribution in [1.82, 2.24) is 9.88 Å². The van der Waals surface area contributed by atoms with Gasteiger partial charge in [0, 0.05) is 24.9 Å². The van der Waals surface area contributed by atoms with Gasteiger partial charge in [0.05, 0.1) is 12.0 Å². The molecule has 1 saturated heterocycles. The number of aliphatic carboxylic acids is 1. The van der Waals surface area contributed by atoms with Crippen LogP contribution in [0.3, 0.4) is 0 Å². The summed E-state index contributed by atoms with van der Waals surface area (Å²) in [4.78, 5) is 29.4. The Morgan fingerprint density at radius 3 is 2.79 bits per heavy atom. The molecule has 0 bridgehead atoms. The zero-order chi connectivity index (χ0) is 13.6. The molecule has 1 saturated carbocycles. The summed E-state index contributed by atoms with van der Waals surface area (Å²) in [5.41, 5.74) is 1.86. The Balaban J connectivity index is 2.04. The van der Waals surface area contributed by atoms with Gasteiger partial charge in [0.15, 0.2) is 0 Å². The Morgan fingerprint density at radius 2 is 2.21 bits per heavy atom. The van der Waals surface area contributed by atoms with Crippen LogP contribution in [0.15, 0.2) is 18.5 Å². The van der Waals surface area contributed by atoms with Gasteiger partial charge >= 0.3 is 5.97 Å². The van der Waals surface area contributed by atoms with Crippen LogP contribution in [0.4, 0.5) is 0 Å². The fourth-order valence-corrected chi connectivity index (χ4v) is 2.91. The van der Waals surface area contributed by atoms with Crippen LogP contribution < -0.4 is 0 Å². The number of carbonyl (C=O) groups excluding carboxylic acids is 1. The van der Waals surface area contributed by atoms with Gasteiger partial charge in [-0.3, -0.25) is 14.6 Å². The molecule has 2 heterocycles. The summed E-state index contributed by atoms with van der Waals surface area (Å²) >= 11 is 0. The van der Waals surface area contributed by atoms with E-state index < -0.39 is 11.9 Å². The highest BCUT2D eigenvalue weighted by Crippen LogP contribution is 2.45. The van der Waals surface area contributed by atoms with Crippen LogP contribution >= 0.6 is 0 Å². The molecule has 1 amide bonds. The van der Waals surface area contributed by atoms with Crippen molar-refractivity contribution in [2.24, 2.45) is 5.92 Å². The molecular formula is C14H16N2O3. The van der Waals surface area contributed by atoms with Gasteiger partial charge in [-0.15, -0.1) is 0 Å². The Hall–Kier alpha value is -1.91. The predicted molar refractivity (Wildman–Crippen MR) is 67.3 cm³/mol. The van der Waals surface area contributed by atoms with E-state index in [1.165, 1.54) is 0 Å². The minimum Gasteiger partial charge on any atom is -0.481 e. The van der Waals surface area contributed by atoms with Gasteiger partial charge < -0.3 is 10.0 Å². The Kier molecular flexibility index (Phi) is 2.77. The average Bonchev–Trinajstić information content (AvgIpc) is 3.13. The maximum atomic E-state index is 12.1. The Bertz CT molecular complexity index is 539. The number of carboxylic acids is 1. The van der Waals surface area contributed by atoms with Crippen molar-refractivity contribution < 1.29 is 14.7 Å². The normalized spacial score (nSPS) is 26.8. The summed E-state index contributed by atoms with van der Waals surface area (Å²) in [7, 11) is 0. The monoisotopic (exact) mass is 260 g/mol. The third-order valence-corrected chi connectivity index (χ3v) is 4.02. The van der Waals surface area contributed by atoms with Crippen molar-refractivity contribution in [2.75, 3.05) is 0 Å². The molecule has 5 heteroatoms. The van der Waals surface area contributed by atoms with Gasteiger partial charge in [-0.05, 0) is 37.0 Å². The number of aryl methyl sites for hydroxylation is 1. The topological polar surface area (TPSA) is 70.5 Å². The summed E-state index contributed by atoms with van der Waals surface area (Å²) in [6.07, 6.45) is 5.45. The second-order valence-corrected chi connectivity index (χ2v) is 5.36. The van der Waals surface area contributed by atoms with E-state index in [2.05, 4.69) is 4.98 Å². The van der Waals surface area contributed by atoms with E-state index in [4.69, 9.17) is 0 Å². The Labute approximate surface area is 111 Å². The lowest BCUT2D eigenvalue weighted by Gasteiger charge is -2.28. The summed E-state index contributed by atoms with van der Waals surface area (Å²) < 4.78 is 0. The van der Waals surface area contributed by atoms with Crippen LogP contribution in [0, 0.1) is 12.8 Å². The number of nitrogens with zero attached hydrogens (tertiary/aromatic N) is 2. The SMILES string of the molecule is Cc1ccncc1C1C(C(=O)O)CC(=O)N1C1CC1. The molecule has 2 unspecified atom stereocenters. The van der Waals surface area contributed by atoms with Crippen molar-refractivity contribution >= 4 is 11.9 Å². The van der Waals surface area contributed by atoms with Crippen LogP contribution in [0.2, 0.25) is 0 Å². The van der Waals surface area contributed by atoms with Crippen molar-refractivity contribution in [2.45, 2.75) is 38.3 Å². The van der Waals surface area contributed by atoms with Crippen LogP contribution in [-0.4, -0.2) is 32.9 Å². The number of pyridine rings is 1. The first-order valence-electron chi connectivity index (χ1n) is 6.54. The second kappa shape index (κ2) is 4.33. The van der Waals surface area contributed by atoms with Crippen LogP contribution in [0.1, 0.15) is 36.4 Å². The fourth-order valence-electron chi connectivity index (χ4n) is 2.91. The average molecular weight is 260 g/mol. The molecule has 2 aliphatic rings. The summed E-state index contributed by atoms with van der Waals surface area (Å²) in [6.45, 7) is 1.93. The minimum absolute atomic E-state index is 0.0387. The lowest BCUT2D eigenvalue weighted by molar-refractivity contribution is -0.142. The third kappa shape index (κ3) is 1.99. The molecule has 5 nitrogen and oxygen atoms in total. The van der Waals surface area contributed by atoms with E-state index in [1.807, 2.05) is 13.0 Å². The predicted octanol–water partition coefficient (Wildman–Crippen LogP) is 1.53. The molecule has 2 atom stereocenters. The van der Waals surface area contributed by atoms with E-state index in [9.17, 15) is 14.7 Å². The maximum absolute atomic E-state index is 12.1. The number of aromatic nitrogens is 1. The molecule has 2 fully saturated rings. The van der Waals surface area contributed by atoms with E-state index in [0.29, 0.717) is 0 Å². The van der Waals surface area contributed by atoms with Crippen molar-refractivity contribution in [3.63, 3.8) is 0 Å². The maximum Gasteiger partial charge on any atom is 0.309 e. The van der Waals surface area contributed by atoms with Crippen LogP contribution in [-0.2, 0) is 9.59 Å². The smallest absolute Gasteiger partial charge is 0.309 e. The van der Waals surface area contributed by atoms with E-state index in [0.717, 1.165) is 24.0 Å². The van der Waals surface area contributed by atoms with Crippen LogP contribution in [0.5, 0.6) is 0 Å². The quantitative estimate of drug-likeness (QED) is 0.894. The van der Waals surface area contributed by atoms with Gasteiger partial charge in [-0.1, -0.05) is 0 Å². The van der Waals surface area contributed by atoms with Crippen LogP contribution in [0.25, 0.3) is 0 Å². The largest absolute Gasteiger partial charge is 0.481 e. The van der Waals surface area contributed by atoms with Gasteiger partial charge in [0.2, 0.25) is 5.91 Å². The first-order chi connectivity index (χ1) is 9.09.